The van der Waals surface area contributed by atoms with Crippen molar-refractivity contribution >= 4 is 5.91 Å². The first-order valence-electron chi connectivity index (χ1n) is 9.37. The Kier molecular flexibility index (Phi) is 6.90. The smallest absolute Gasteiger partial charge is 0.254 e. The lowest BCUT2D eigenvalue weighted by atomic mass is 10.1. The van der Waals surface area contributed by atoms with E-state index in [0.717, 1.165) is 16.9 Å². The highest BCUT2D eigenvalue weighted by Crippen LogP contribution is 2.27. The van der Waals surface area contributed by atoms with Crippen molar-refractivity contribution in [2.75, 3.05) is 27.4 Å². The molecular weight excluding hydrogens is 358 g/mol. The summed E-state index contributed by atoms with van der Waals surface area (Å²) in [5.74, 6) is 1.35. The van der Waals surface area contributed by atoms with Gasteiger partial charge in [-0.3, -0.25) is 4.79 Å². The van der Waals surface area contributed by atoms with Gasteiger partial charge >= 0.3 is 0 Å². The van der Waals surface area contributed by atoms with E-state index in [2.05, 4.69) is 0 Å². The predicted molar refractivity (Wildman–Crippen MR) is 105 cm³/mol. The first-order chi connectivity index (χ1) is 13.6. The van der Waals surface area contributed by atoms with Gasteiger partial charge in [0.05, 0.1) is 33.5 Å². The maximum atomic E-state index is 12.9. The minimum atomic E-state index is -0.600. The summed E-state index contributed by atoms with van der Waals surface area (Å²) in [4.78, 5) is 14.7. The molecule has 3 rings (SSSR count). The van der Waals surface area contributed by atoms with E-state index in [1.807, 2.05) is 55.5 Å². The fourth-order valence-electron chi connectivity index (χ4n) is 3.28. The van der Waals surface area contributed by atoms with E-state index in [-0.39, 0.29) is 18.6 Å². The molecule has 0 radical (unpaired) electrons. The second-order valence-electron chi connectivity index (χ2n) is 6.83. The highest BCUT2D eigenvalue weighted by Gasteiger charge is 2.33. The van der Waals surface area contributed by atoms with Crippen LogP contribution in [0.15, 0.2) is 48.5 Å². The molecule has 6 nitrogen and oxygen atoms in total. The lowest BCUT2D eigenvalue weighted by Gasteiger charge is -2.36. The van der Waals surface area contributed by atoms with E-state index in [9.17, 15) is 4.79 Å². The maximum Gasteiger partial charge on any atom is 0.254 e. The van der Waals surface area contributed by atoms with Crippen LogP contribution in [-0.2, 0) is 27.4 Å². The number of carbonyl (C=O) groups is 1. The largest absolute Gasteiger partial charge is 0.497 e. The topological polar surface area (TPSA) is 57.2 Å². The quantitative estimate of drug-likeness (QED) is 0.699. The van der Waals surface area contributed by atoms with Crippen LogP contribution >= 0.6 is 0 Å². The summed E-state index contributed by atoms with van der Waals surface area (Å²) >= 11 is 0. The lowest BCUT2D eigenvalue weighted by Crippen LogP contribution is -2.52. The van der Waals surface area contributed by atoms with Crippen LogP contribution < -0.4 is 9.47 Å². The van der Waals surface area contributed by atoms with Gasteiger partial charge in [0.25, 0.3) is 5.91 Å². The van der Waals surface area contributed by atoms with Gasteiger partial charge in [-0.15, -0.1) is 0 Å². The van der Waals surface area contributed by atoms with Crippen LogP contribution in [0.3, 0.4) is 0 Å². The van der Waals surface area contributed by atoms with Crippen molar-refractivity contribution in [3.8, 4) is 11.5 Å². The summed E-state index contributed by atoms with van der Waals surface area (Å²) in [7, 11) is 3.23. The van der Waals surface area contributed by atoms with E-state index < -0.39 is 6.10 Å². The number of ether oxygens (including phenoxy) is 4. The number of benzene rings is 2. The summed E-state index contributed by atoms with van der Waals surface area (Å²) in [6, 6.07) is 15.5. The molecule has 0 saturated carbocycles. The number of hydrogen-bond acceptors (Lipinski definition) is 5. The molecule has 1 saturated heterocycles. The van der Waals surface area contributed by atoms with Crippen LogP contribution in [-0.4, -0.2) is 50.4 Å². The van der Waals surface area contributed by atoms with Gasteiger partial charge in [0.15, 0.2) is 6.10 Å². The molecule has 0 spiro atoms. The summed E-state index contributed by atoms with van der Waals surface area (Å²) in [6.45, 7) is 3.63. The van der Waals surface area contributed by atoms with E-state index in [4.69, 9.17) is 18.9 Å². The third kappa shape index (κ3) is 5.03. The molecule has 28 heavy (non-hydrogen) atoms. The van der Waals surface area contributed by atoms with Gasteiger partial charge in [-0.25, -0.2) is 0 Å². The van der Waals surface area contributed by atoms with Crippen LogP contribution in [0.5, 0.6) is 11.5 Å². The second-order valence-corrected chi connectivity index (χ2v) is 6.83. The molecule has 2 aromatic carbocycles. The van der Waals surface area contributed by atoms with E-state index in [1.54, 1.807) is 19.1 Å². The normalized spacial score (nSPS) is 19.5. The monoisotopic (exact) mass is 385 g/mol. The molecule has 2 aromatic rings. The molecule has 1 aliphatic heterocycles. The Hall–Kier alpha value is -2.57. The van der Waals surface area contributed by atoms with Crippen molar-refractivity contribution in [1.82, 2.24) is 4.90 Å². The Bertz CT molecular complexity index is 780. The minimum Gasteiger partial charge on any atom is -0.497 e. The first kappa shape index (κ1) is 20.2. The van der Waals surface area contributed by atoms with E-state index in [1.165, 1.54) is 0 Å². The van der Waals surface area contributed by atoms with E-state index in [0.29, 0.717) is 25.4 Å². The first-order valence-corrected chi connectivity index (χ1v) is 9.37. The zero-order valence-electron chi connectivity index (χ0n) is 16.6. The average Bonchev–Trinajstić information content (AvgIpc) is 2.72. The second kappa shape index (κ2) is 9.57. The molecule has 1 amide bonds. The summed E-state index contributed by atoms with van der Waals surface area (Å²) in [5, 5.41) is 0. The Balaban J connectivity index is 1.63. The highest BCUT2D eigenvalue weighted by molar-refractivity contribution is 5.82. The number of morpholine rings is 1. The van der Waals surface area contributed by atoms with E-state index >= 15 is 0 Å². The third-order valence-corrected chi connectivity index (χ3v) is 4.70. The fourth-order valence-corrected chi connectivity index (χ4v) is 3.28. The molecular formula is C22H27NO5. The molecule has 1 heterocycles. The molecule has 0 aromatic heterocycles. The maximum absolute atomic E-state index is 12.9. The molecule has 2 atom stereocenters. The van der Waals surface area contributed by atoms with Gasteiger partial charge in [0.1, 0.15) is 11.5 Å². The van der Waals surface area contributed by atoms with Gasteiger partial charge in [-0.1, -0.05) is 30.3 Å². The highest BCUT2D eigenvalue weighted by atomic mass is 16.5. The number of amides is 1. The SMILES string of the molecule is COc1ccc(CN2CC(C)OC(COCc3ccccc3)C2=O)c(OC)c1. The zero-order valence-corrected chi connectivity index (χ0v) is 16.6. The Morgan fingerprint density at radius 2 is 1.89 bits per heavy atom. The third-order valence-electron chi connectivity index (χ3n) is 4.70. The molecule has 6 heteroatoms. The Labute approximate surface area is 166 Å². The molecule has 0 N–H and O–H groups in total. The zero-order chi connectivity index (χ0) is 19.9. The van der Waals surface area contributed by atoms with Gasteiger partial charge in [0, 0.05) is 24.7 Å². The van der Waals surface area contributed by atoms with Crippen molar-refractivity contribution in [2.45, 2.75) is 32.3 Å². The predicted octanol–water partition coefficient (Wildman–Crippen LogP) is 3.04. The lowest BCUT2D eigenvalue weighted by molar-refractivity contribution is -0.168. The van der Waals surface area contributed by atoms with Gasteiger partial charge in [0.2, 0.25) is 0 Å². The summed E-state index contributed by atoms with van der Waals surface area (Å²) in [5.41, 5.74) is 1.99. The molecule has 150 valence electrons. The minimum absolute atomic E-state index is 0.0627. The van der Waals surface area contributed by atoms with Crippen molar-refractivity contribution in [3.05, 3.63) is 59.7 Å². The van der Waals surface area contributed by atoms with Crippen LogP contribution in [0.25, 0.3) is 0 Å². The summed E-state index contributed by atoms with van der Waals surface area (Å²) in [6.07, 6.45) is -0.663. The van der Waals surface area contributed by atoms with Gasteiger partial charge < -0.3 is 23.8 Å². The molecule has 1 fully saturated rings. The molecule has 0 aliphatic carbocycles. The van der Waals surface area contributed by atoms with Crippen LogP contribution in [0.2, 0.25) is 0 Å². The van der Waals surface area contributed by atoms with Gasteiger partial charge in [-0.05, 0) is 24.6 Å². The van der Waals surface area contributed by atoms with Crippen LogP contribution in [0.4, 0.5) is 0 Å². The number of hydrogen-bond donors (Lipinski definition) is 0. The number of nitrogens with zero attached hydrogens (tertiary/aromatic N) is 1. The standard InChI is InChI=1S/C22H27NO5/c1-16-12-23(13-18-9-10-19(25-2)11-20(18)26-3)22(24)21(28-16)15-27-14-17-7-5-4-6-8-17/h4-11,16,21H,12-15H2,1-3H3. The average molecular weight is 385 g/mol. The Morgan fingerprint density at radius 3 is 2.61 bits per heavy atom. The fraction of sp³-hybridized carbons (Fsp3) is 0.409. The van der Waals surface area contributed by atoms with Crippen molar-refractivity contribution < 1.29 is 23.7 Å². The molecule has 0 bridgehead atoms. The Morgan fingerprint density at radius 1 is 1.11 bits per heavy atom. The van der Waals surface area contributed by atoms with Crippen LogP contribution in [0, 0.1) is 0 Å². The van der Waals surface area contributed by atoms with Crippen molar-refractivity contribution in [1.29, 1.82) is 0 Å². The number of rotatable bonds is 8. The molecule has 2 unspecified atom stereocenters. The van der Waals surface area contributed by atoms with Crippen molar-refractivity contribution in [2.24, 2.45) is 0 Å². The van der Waals surface area contributed by atoms with Crippen LogP contribution in [0.1, 0.15) is 18.1 Å². The number of methoxy groups -OCH3 is 2. The van der Waals surface area contributed by atoms with Gasteiger partial charge in [-0.2, -0.15) is 0 Å². The number of carbonyl (C=O) groups excluding carboxylic acids is 1. The molecule has 1 aliphatic rings. The summed E-state index contributed by atoms with van der Waals surface area (Å²) < 4.78 is 22.3. The van der Waals surface area contributed by atoms with Crippen molar-refractivity contribution in [3.63, 3.8) is 0 Å².